The van der Waals surface area contributed by atoms with Gasteiger partial charge >= 0.3 is 0 Å². The number of amides is 1. The van der Waals surface area contributed by atoms with E-state index < -0.39 is 0 Å². The molecule has 0 saturated carbocycles. The van der Waals surface area contributed by atoms with Crippen LogP contribution in [0.3, 0.4) is 0 Å². The number of aromatic nitrogens is 1. The summed E-state index contributed by atoms with van der Waals surface area (Å²) in [7, 11) is 0. The largest absolute Gasteiger partial charge is 0.378 e. The highest BCUT2D eigenvalue weighted by Crippen LogP contribution is 2.22. The summed E-state index contributed by atoms with van der Waals surface area (Å²) in [5.41, 5.74) is 2.92. The average molecular weight is 426 g/mol. The summed E-state index contributed by atoms with van der Waals surface area (Å²) in [5.74, 6) is 0.120. The first-order valence-electron chi connectivity index (χ1n) is 8.94. The van der Waals surface area contributed by atoms with Gasteiger partial charge in [-0.2, -0.15) is 0 Å². The Balaban J connectivity index is 1.61. The number of benzene rings is 2. The molecule has 2 aromatic carbocycles. The lowest BCUT2D eigenvalue weighted by atomic mass is 10.2. The summed E-state index contributed by atoms with van der Waals surface area (Å²) in [6, 6.07) is 16.0. The molecule has 1 aliphatic rings. The zero-order chi connectivity index (χ0) is 18.6. The first-order chi connectivity index (χ1) is 13.2. The minimum atomic E-state index is 0.120. The Kier molecular flexibility index (Phi) is 5.36. The van der Waals surface area contributed by atoms with Crippen LogP contribution in [0.25, 0.3) is 10.9 Å². The predicted octanol–water partition coefficient (Wildman–Crippen LogP) is 4.01. The molecule has 4 rings (SSSR count). The van der Waals surface area contributed by atoms with Crippen LogP contribution in [0, 0.1) is 0 Å². The van der Waals surface area contributed by atoms with Crippen molar-refractivity contribution in [3.8, 4) is 0 Å². The summed E-state index contributed by atoms with van der Waals surface area (Å²) in [4.78, 5) is 19.1. The van der Waals surface area contributed by atoms with Crippen molar-refractivity contribution in [1.29, 1.82) is 0 Å². The molecule has 0 unspecified atom stereocenters. The molecule has 0 N–H and O–H groups in total. The van der Waals surface area contributed by atoms with Crippen LogP contribution in [-0.4, -0.2) is 47.9 Å². The van der Waals surface area contributed by atoms with Gasteiger partial charge in [0.25, 0.3) is 0 Å². The van der Waals surface area contributed by atoms with E-state index in [1.54, 1.807) is 0 Å². The van der Waals surface area contributed by atoms with Gasteiger partial charge < -0.3 is 14.2 Å². The molecule has 2 heterocycles. The highest BCUT2D eigenvalue weighted by atomic mass is 79.9. The molecule has 1 saturated heterocycles. The number of halogens is 1. The van der Waals surface area contributed by atoms with Crippen molar-refractivity contribution >= 4 is 44.6 Å². The minimum absolute atomic E-state index is 0.120. The molecule has 6 heteroatoms. The fourth-order valence-corrected chi connectivity index (χ4v) is 3.66. The molecule has 1 aromatic heterocycles. The van der Waals surface area contributed by atoms with Gasteiger partial charge in [-0.05, 0) is 24.3 Å². The Morgan fingerprint density at radius 2 is 1.96 bits per heavy atom. The Morgan fingerprint density at radius 1 is 1.15 bits per heavy atom. The van der Waals surface area contributed by atoms with E-state index in [-0.39, 0.29) is 5.91 Å². The highest BCUT2D eigenvalue weighted by Gasteiger charge is 2.18. The number of morpholine rings is 1. The number of para-hydroxylation sites is 1. The number of carbonyl (C=O) groups is 1. The molecule has 1 fully saturated rings. The van der Waals surface area contributed by atoms with Gasteiger partial charge in [0.2, 0.25) is 5.91 Å². The van der Waals surface area contributed by atoms with Crippen LogP contribution in [0.2, 0.25) is 0 Å². The third-order valence-corrected chi connectivity index (χ3v) is 5.14. The van der Waals surface area contributed by atoms with Crippen molar-refractivity contribution in [2.75, 3.05) is 26.3 Å². The Bertz CT molecular complexity index is 990. The molecule has 27 heavy (non-hydrogen) atoms. The minimum Gasteiger partial charge on any atom is -0.378 e. The van der Waals surface area contributed by atoms with E-state index in [1.165, 1.54) is 0 Å². The second kappa shape index (κ2) is 8.06. The van der Waals surface area contributed by atoms with Gasteiger partial charge in [-0.3, -0.25) is 9.79 Å². The number of ether oxygens (including phenoxy) is 1. The van der Waals surface area contributed by atoms with E-state index in [4.69, 9.17) is 4.74 Å². The van der Waals surface area contributed by atoms with Crippen molar-refractivity contribution in [3.63, 3.8) is 0 Å². The lowest BCUT2D eigenvalue weighted by molar-refractivity contribution is -0.135. The maximum Gasteiger partial charge on any atom is 0.242 e. The van der Waals surface area contributed by atoms with Gasteiger partial charge in [0.1, 0.15) is 6.54 Å². The van der Waals surface area contributed by atoms with Crippen molar-refractivity contribution in [1.82, 2.24) is 9.47 Å². The number of rotatable bonds is 4. The third-order valence-electron chi connectivity index (χ3n) is 4.65. The van der Waals surface area contributed by atoms with Crippen molar-refractivity contribution in [2.24, 2.45) is 4.99 Å². The van der Waals surface area contributed by atoms with Crippen molar-refractivity contribution in [2.45, 2.75) is 6.54 Å². The highest BCUT2D eigenvalue weighted by molar-refractivity contribution is 9.10. The molecule has 1 amide bonds. The molecule has 0 atom stereocenters. The van der Waals surface area contributed by atoms with Crippen LogP contribution in [0.1, 0.15) is 5.56 Å². The summed E-state index contributed by atoms with van der Waals surface area (Å²) >= 11 is 3.47. The van der Waals surface area contributed by atoms with Gasteiger partial charge in [-0.15, -0.1) is 0 Å². The second-order valence-electron chi connectivity index (χ2n) is 6.46. The Hall–Kier alpha value is -2.44. The van der Waals surface area contributed by atoms with E-state index in [0.29, 0.717) is 32.8 Å². The topological polar surface area (TPSA) is 46.8 Å². The normalized spacial score (nSPS) is 14.9. The Morgan fingerprint density at radius 3 is 2.78 bits per heavy atom. The Labute approximate surface area is 166 Å². The van der Waals surface area contributed by atoms with Crippen molar-refractivity contribution in [3.05, 3.63) is 64.8 Å². The maximum atomic E-state index is 12.6. The third kappa shape index (κ3) is 4.12. The standard InChI is InChI=1S/C21H20BrN3O2/c22-17-4-3-5-18(12-17)23-13-16-14-25(20-7-2-1-6-19(16)20)15-21(26)24-8-10-27-11-9-24/h1-7,12-14H,8-11,15H2. The van der Waals surface area contributed by atoms with Crippen LogP contribution in [-0.2, 0) is 16.1 Å². The molecule has 1 aliphatic heterocycles. The van der Waals surface area contributed by atoms with E-state index >= 15 is 0 Å². The smallest absolute Gasteiger partial charge is 0.242 e. The summed E-state index contributed by atoms with van der Waals surface area (Å²) in [5, 5.41) is 1.09. The number of aliphatic imine (C=N–C) groups is 1. The number of hydrogen-bond donors (Lipinski definition) is 0. The first-order valence-corrected chi connectivity index (χ1v) is 9.73. The first kappa shape index (κ1) is 17.9. The van der Waals surface area contributed by atoms with Gasteiger partial charge in [-0.25, -0.2) is 0 Å². The molecule has 0 spiro atoms. The summed E-state index contributed by atoms with van der Waals surface area (Å²) < 4.78 is 8.34. The van der Waals surface area contributed by atoms with E-state index in [0.717, 1.165) is 26.6 Å². The zero-order valence-electron chi connectivity index (χ0n) is 14.8. The molecule has 0 radical (unpaired) electrons. The van der Waals surface area contributed by atoms with Crippen molar-refractivity contribution < 1.29 is 9.53 Å². The number of fused-ring (bicyclic) bond motifs is 1. The number of nitrogens with zero attached hydrogens (tertiary/aromatic N) is 3. The summed E-state index contributed by atoms with van der Waals surface area (Å²) in [6.45, 7) is 2.88. The van der Waals surface area contributed by atoms with Gasteiger partial charge in [0.05, 0.1) is 18.9 Å². The van der Waals surface area contributed by atoms with Crippen LogP contribution < -0.4 is 0 Å². The molecule has 0 aliphatic carbocycles. The molecular formula is C21H20BrN3O2. The van der Waals surface area contributed by atoms with Crippen LogP contribution in [0.5, 0.6) is 0 Å². The second-order valence-corrected chi connectivity index (χ2v) is 7.38. The lowest BCUT2D eigenvalue weighted by Gasteiger charge is -2.27. The zero-order valence-corrected chi connectivity index (χ0v) is 16.4. The average Bonchev–Trinajstić information content (AvgIpc) is 3.05. The summed E-state index contributed by atoms with van der Waals surface area (Å²) in [6.07, 6.45) is 3.87. The van der Waals surface area contributed by atoms with E-state index in [2.05, 4.69) is 27.0 Å². The number of carbonyl (C=O) groups excluding carboxylic acids is 1. The molecule has 138 valence electrons. The quantitative estimate of drug-likeness (QED) is 0.592. The van der Waals surface area contributed by atoms with Crippen LogP contribution >= 0.6 is 15.9 Å². The fraction of sp³-hybridized carbons (Fsp3) is 0.238. The SMILES string of the molecule is O=C(Cn1cc(C=Nc2cccc(Br)c2)c2ccccc21)N1CCOCC1. The van der Waals surface area contributed by atoms with Gasteiger partial charge in [0, 0.05) is 46.4 Å². The van der Waals surface area contributed by atoms with Crippen LogP contribution in [0.4, 0.5) is 5.69 Å². The molecule has 5 nitrogen and oxygen atoms in total. The molecule has 0 bridgehead atoms. The van der Waals surface area contributed by atoms with Gasteiger partial charge in [0.15, 0.2) is 0 Å². The molecule has 3 aromatic rings. The van der Waals surface area contributed by atoms with Gasteiger partial charge in [-0.1, -0.05) is 40.2 Å². The fourth-order valence-electron chi connectivity index (χ4n) is 3.27. The number of hydrogen-bond acceptors (Lipinski definition) is 3. The molecular weight excluding hydrogens is 406 g/mol. The monoisotopic (exact) mass is 425 g/mol. The predicted molar refractivity (Wildman–Crippen MR) is 111 cm³/mol. The maximum absolute atomic E-state index is 12.6. The van der Waals surface area contributed by atoms with E-state index in [9.17, 15) is 4.79 Å². The lowest BCUT2D eigenvalue weighted by Crippen LogP contribution is -2.42. The van der Waals surface area contributed by atoms with Crippen LogP contribution in [0.15, 0.2) is 64.2 Å². The van der Waals surface area contributed by atoms with E-state index in [1.807, 2.05) is 64.3 Å².